The van der Waals surface area contributed by atoms with Crippen LogP contribution in [0.3, 0.4) is 0 Å². The van der Waals surface area contributed by atoms with Crippen molar-refractivity contribution >= 4 is 59.2 Å². The summed E-state index contributed by atoms with van der Waals surface area (Å²) >= 11 is 7.72. The van der Waals surface area contributed by atoms with Gasteiger partial charge in [-0.25, -0.2) is 24.6 Å². The van der Waals surface area contributed by atoms with Crippen molar-refractivity contribution in [1.82, 2.24) is 24.6 Å². The average Bonchev–Trinajstić information content (AvgIpc) is 3.35. The second-order valence-electron chi connectivity index (χ2n) is 10.7. The molecule has 6 unspecified atom stereocenters. The molecule has 0 saturated carbocycles. The Morgan fingerprint density at radius 2 is 2.00 bits per heavy atom. The lowest BCUT2D eigenvalue weighted by molar-refractivity contribution is -0.150. The Bertz CT molecular complexity index is 1270. The number of rotatable bonds is 11. The molecule has 0 aromatic carbocycles. The van der Waals surface area contributed by atoms with Crippen LogP contribution in [0.4, 0.5) is 5.82 Å². The monoisotopic (exact) mass is 622 g/mol. The number of ether oxygens (including phenoxy) is 2. The highest BCUT2D eigenvalue weighted by atomic mass is 35.5. The van der Waals surface area contributed by atoms with Gasteiger partial charge in [-0.05, 0) is 27.7 Å². The van der Waals surface area contributed by atoms with Gasteiger partial charge in [0.25, 0.3) is 0 Å². The Kier molecular flexibility index (Phi) is 10.3. The molecule has 40 heavy (non-hydrogen) atoms. The number of nitrogens with two attached hydrogens (primary N) is 1. The fourth-order valence-electron chi connectivity index (χ4n) is 3.58. The summed E-state index contributed by atoms with van der Waals surface area (Å²) in [7, 11) is -4.37. The first-order valence-electron chi connectivity index (χ1n) is 12.5. The van der Waals surface area contributed by atoms with Gasteiger partial charge >= 0.3 is 13.7 Å². The van der Waals surface area contributed by atoms with E-state index >= 15 is 0 Å². The van der Waals surface area contributed by atoms with Crippen LogP contribution < -0.4 is 10.8 Å². The molecule has 1 aliphatic rings. The number of aromatic nitrogens is 4. The summed E-state index contributed by atoms with van der Waals surface area (Å²) in [6.45, 7) is 11.4. The minimum absolute atomic E-state index is 0.0824. The average molecular weight is 623 g/mol. The number of nitrogen functional groups attached to an aromatic ring is 1. The van der Waals surface area contributed by atoms with Crippen molar-refractivity contribution in [2.24, 2.45) is 5.41 Å². The summed E-state index contributed by atoms with van der Waals surface area (Å²) in [5.74, 6) is -0.407. The zero-order valence-electron chi connectivity index (χ0n) is 23.4. The van der Waals surface area contributed by atoms with Crippen molar-refractivity contribution in [3.63, 3.8) is 0 Å². The molecule has 0 amide bonds. The first kappa shape index (κ1) is 32.7. The molecule has 224 valence electrons. The SMILES string of the molecule is CC(C)OC(=O)C(C)NP(=O)(OCCSC(=O)C(C)(C)C)OC1OC(n2cnc3c(N)ncnc32)C(C)(Cl)C1O. The number of aliphatic hydroxyl groups is 1. The predicted octanol–water partition coefficient (Wildman–Crippen LogP) is 3.00. The number of aliphatic hydroxyl groups excluding tert-OH is 1. The summed E-state index contributed by atoms with van der Waals surface area (Å²) in [6.07, 6.45) is -1.99. The van der Waals surface area contributed by atoms with Crippen LogP contribution >= 0.6 is 31.1 Å². The molecule has 1 aliphatic heterocycles. The largest absolute Gasteiger partial charge is 0.462 e. The van der Waals surface area contributed by atoms with Gasteiger partial charge in [0.2, 0.25) is 0 Å². The zero-order chi connectivity index (χ0) is 30.0. The molecular weight excluding hydrogens is 587 g/mol. The maximum atomic E-state index is 13.9. The number of hydrogen-bond donors (Lipinski definition) is 3. The first-order chi connectivity index (χ1) is 18.5. The number of nitrogens with one attached hydrogen (secondary N) is 1. The van der Waals surface area contributed by atoms with Crippen LogP contribution in [0.5, 0.6) is 0 Å². The highest BCUT2D eigenvalue weighted by Gasteiger charge is 2.56. The molecule has 4 N–H and O–H groups in total. The molecule has 14 nitrogen and oxygen atoms in total. The van der Waals surface area contributed by atoms with E-state index < -0.39 is 54.8 Å². The number of halogens is 1. The first-order valence-corrected chi connectivity index (χ1v) is 15.4. The van der Waals surface area contributed by atoms with E-state index in [1.54, 1.807) is 34.6 Å². The van der Waals surface area contributed by atoms with Gasteiger partial charge in [0, 0.05) is 11.2 Å². The number of alkyl halides is 1. The molecule has 17 heteroatoms. The number of fused-ring (bicyclic) bond motifs is 1. The van der Waals surface area contributed by atoms with Crippen LogP contribution in [-0.2, 0) is 32.7 Å². The van der Waals surface area contributed by atoms with E-state index in [0.29, 0.717) is 11.2 Å². The van der Waals surface area contributed by atoms with Crippen molar-refractivity contribution in [2.45, 2.75) is 84.1 Å². The fraction of sp³-hybridized carbons (Fsp3) is 0.696. The molecular formula is C23H36ClN6O8PS. The van der Waals surface area contributed by atoms with Crippen LogP contribution in [0.2, 0.25) is 0 Å². The number of carbonyl (C=O) groups excluding carboxylic acids is 2. The maximum Gasteiger partial charge on any atom is 0.408 e. The number of nitrogens with zero attached hydrogens (tertiary/aromatic N) is 4. The minimum Gasteiger partial charge on any atom is -0.462 e. The van der Waals surface area contributed by atoms with Crippen LogP contribution in [0, 0.1) is 5.41 Å². The molecule has 2 aromatic rings. The molecule has 3 rings (SSSR count). The fourth-order valence-corrected chi connectivity index (χ4v) is 6.29. The lowest BCUT2D eigenvalue weighted by atomic mass is 10.00. The van der Waals surface area contributed by atoms with Gasteiger partial charge in [-0.1, -0.05) is 32.5 Å². The lowest BCUT2D eigenvalue weighted by Crippen LogP contribution is -2.41. The maximum absolute atomic E-state index is 13.9. The number of imidazole rings is 1. The Hall–Kier alpha value is -1.84. The summed E-state index contributed by atoms with van der Waals surface area (Å²) < 4.78 is 37.7. The van der Waals surface area contributed by atoms with Crippen molar-refractivity contribution in [2.75, 3.05) is 18.1 Å². The number of thioether (sulfide) groups is 1. The molecule has 1 saturated heterocycles. The number of anilines is 1. The predicted molar refractivity (Wildman–Crippen MR) is 149 cm³/mol. The minimum atomic E-state index is -4.37. The van der Waals surface area contributed by atoms with E-state index in [4.69, 9.17) is 35.9 Å². The van der Waals surface area contributed by atoms with E-state index in [-0.39, 0.29) is 23.3 Å². The number of carbonyl (C=O) groups is 2. The molecule has 0 aliphatic carbocycles. The molecule has 2 aromatic heterocycles. The Morgan fingerprint density at radius 1 is 1.32 bits per heavy atom. The van der Waals surface area contributed by atoms with Crippen molar-refractivity contribution in [3.05, 3.63) is 12.7 Å². The smallest absolute Gasteiger partial charge is 0.408 e. The van der Waals surface area contributed by atoms with Gasteiger partial charge in [0.15, 0.2) is 29.1 Å². The van der Waals surface area contributed by atoms with E-state index in [0.717, 1.165) is 11.8 Å². The standard InChI is InChI=1S/C23H36ClN6O8PS/c1-12(2)36-18(32)13(3)29-39(34,35-8-9-40-21(33)22(4,5)6)38-19-15(31)23(7,24)20(37-19)30-11-28-14-16(25)26-10-27-17(14)30/h10-13,15,19-20,31H,8-9H2,1-7H3,(H,29,34)(H2,25,26,27). The van der Waals surface area contributed by atoms with Gasteiger partial charge in [-0.3, -0.25) is 23.2 Å². The lowest BCUT2D eigenvalue weighted by Gasteiger charge is -2.27. The third-order valence-corrected chi connectivity index (χ3v) is 9.08. The van der Waals surface area contributed by atoms with E-state index in [1.807, 2.05) is 0 Å². The van der Waals surface area contributed by atoms with Crippen LogP contribution in [0.1, 0.15) is 54.7 Å². The summed E-state index contributed by atoms with van der Waals surface area (Å²) in [5, 5.41) is 13.5. The van der Waals surface area contributed by atoms with Gasteiger partial charge in [-0.15, -0.1) is 11.6 Å². The number of esters is 1. The highest BCUT2D eigenvalue weighted by Crippen LogP contribution is 2.52. The van der Waals surface area contributed by atoms with Crippen LogP contribution in [0.25, 0.3) is 11.2 Å². The van der Waals surface area contributed by atoms with Crippen molar-refractivity contribution < 1.29 is 37.8 Å². The molecule has 0 bridgehead atoms. The second kappa shape index (κ2) is 12.6. The molecule has 0 radical (unpaired) electrons. The van der Waals surface area contributed by atoms with Crippen LogP contribution in [0.15, 0.2) is 12.7 Å². The van der Waals surface area contributed by atoms with E-state index in [2.05, 4.69) is 20.0 Å². The Balaban J connectivity index is 1.82. The van der Waals surface area contributed by atoms with Gasteiger partial charge < -0.3 is 20.3 Å². The van der Waals surface area contributed by atoms with Crippen molar-refractivity contribution in [1.29, 1.82) is 0 Å². The quantitative estimate of drug-likeness (QED) is 0.143. The summed E-state index contributed by atoms with van der Waals surface area (Å²) in [6, 6.07) is -1.12. The summed E-state index contributed by atoms with van der Waals surface area (Å²) in [4.78, 5) is 35.4. The topological polar surface area (TPSA) is 190 Å². The van der Waals surface area contributed by atoms with Gasteiger partial charge in [-0.2, -0.15) is 0 Å². The Labute approximate surface area is 241 Å². The summed E-state index contributed by atoms with van der Waals surface area (Å²) in [5.41, 5.74) is 5.89. The van der Waals surface area contributed by atoms with Gasteiger partial charge in [0.05, 0.1) is 19.0 Å². The van der Waals surface area contributed by atoms with E-state index in [1.165, 1.54) is 31.1 Å². The molecule has 6 atom stereocenters. The Morgan fingerprint density at radius 3 is 2.62 bits per heavy atom. The zero-order valence-corrected chi connectivity index (χ0v) is 25.8. The highest BCUT2D eigenvalue weighted by molar-refractivity contribution is 8.13. The third kappa shape index (κ3) is 7.51. The molecule has 3 heterocycles. The molecule has 1 fully saturated rings. The molecule has 0 spiro atoms. The third-order valence-electron chi connectivity index (χ3n) is 5.71. The van der Waals surface area contributed by atoms with Gasteiger partial charge in [0.1, 0.15) is 28.9 Å². The number of hydrogen-bond acceptors (Lipinski definition) is 13. The van der Waals surface area contributed by atoms with Crippen LogP contribution in [-0.4, -0.2) is 77.5 Å². The van der Waals surface area contributed by atoms with Crippen molar-refractivity contribution in [3.8, 4) is 0 Å². The van der Waals surface area contributed by atoms with E-state index in [9.17, 15) is 19.3 Å². The normalized spacial score (nSPS) is 25.7. The second-order valence-corrected chi connectivity index (χ2v) is 14.3.